The molecule has 0 aliphatic carbocycles. The second-order valence-electron chi connectivity index (χ2n) is 3.83. The fraction of sp³-hybridized carbons (Fsp3) is 0.455. The summed E-state index contributed by atoms with van der Waals surface area (Å²) in [6.45, 7) is 0.0586. The summed E-state index contributed by atoms with van der Waals surface area (Å²) in [6, 6.07) is 3.23. The van der Waals surface area contributed by atoms with E-state index in [4.69, 9.17) is 14.6 Å². The van der Waals surface area contributed by atoms with E-state index >= 15 is 0 Å². The molecule has 0 aromatic heterocycles. The lowest BCUT2D eigenvalue weighted by atomic mass is 10.3. The summed E-state index contributed by atoms with van der Waals surface area (Å²) in [6.07, 6.45) is 0. The van der Waals surface area contributed by atoms with Gasteiger partial charge in [0.1, 0.15) is 10.6 Å². The van der Waals surface area contributed by atoms with E-state index in [0.717, 1.165) is 18.2 Å². The number of nitrogens with zero attached hydrogens (tertiary/aromatic N) is 1. The van der Waals surface area contributed by atoms with E-state index in [9.17, 15) is 18.5 Å². The minimum atomic E-state index is -3.87. The van der Waals surface area contributed by atoms with E-state index in [1.807, 2.05) is 0 Å². The van der Waals surface area contributed by atoms with Gasteiger partial charge in [-0.05, 0) is 6.07 Å². The molecular formula is C11H16N2O7S. The fourth-order valence-electron chi connectivity index (χ4n) is 1.48. The molecular weight excluding hydrogens is 304 g/mol. The van der Waals surface area contributed by atoms with Crippen LogP contribution in [0.3, 0.4) is 0 Å². The Morgan fingerprint density at radius 2 is 2.10 bits per heavy atom. The summed E-state index contributed by atoms with van der Waals surface area (Å²) < 4.78 is 36.2. The van der Waals surface area contributed by atoms with Gasteiger partial charge < -0.3 is 14.6 Å². The van der Waals surface area contributed by atoms with Gasteiger partial charge in [-0.2, -0.15) is 0 Å². The van der Waals surface area contributed by atoms with Gasteiger partial charge in [-0.25, -0.2) is 13.1 Å². The van der Waals surface area contributed by atoms with Crippen LogP contribution in [0.2, 0.25) is 0 Å². The number of nitrogens with one attached hydrogen (secondary N) is 1. The molecule has 9 nitrogen and oxygen atoms in total. The zero-order valence-electron chi connectivity index (χ0n) is 11.3. The summed E-state index contributed by atoms with van der Waals surface area (Å²) in [7, 11) is -2.65. The van der Waals surface area contributed by atoms with E-state index in [1.54, 1.807) is 0 Å². The SMILES string of the molecule is COc1cc([N+](=O)[O-])ccc1S(=O)(=O)NCCOCCO. The first-order valence-corrected chi connectivity index (χ1v) is 7.41. The summed E-state index contributed by atoms with van der Waals surface area (Å²) in [5, 5.41) is 19.2. The van der Waals surface area contributed by atoms with Crippen LogP contribution in [0.1, 0.15) is 0 Å². The number of aliphatic hydroxyl groups excluding tert-OH is 1. The number of sulfonamides is 1. The molecule has 10 heteroatoms. The fourth-order valence-corrected chi connectivity index (χ4v) is 2.65. The molecule has 0 bridgehead atoms. The Morgan fingerprint density at radius 1 is 1.38 bits per heavy atom. The molecule has 0 atom stereocenters. The highest BCUT2D eigenvalue weighted by Gasteiger charge is 2.21. The van der Waals surface area contributed by atoms with Gasteiger partial charge in [-0.1, -0.05) is 0 Å². The summed E-state index contributed by atoms with van der Waals surface area (Å²) >= 11 is 0. The van der Waals surface area contributed by atoms with Crippen LogP contribution < -0.4 is 9.46 Å². The summed E-state index contributed by atoms with van der Waals surface area (Å²) in [4.78, 5) is 9.81. The number of benzene rings is 1. The molecule has 1 aromatic rings. The Bertz CT molecular complexity index is 588. The maximum atomic E-state index is 12.1. The van der Waals surface area contributed by atoms with Crippen LogP contribution in [0.25, 0.3) is 0 Å². The number of non-ortho nitro benzene ring substituents is 1. The molecule has 21 heavy (non-hydrogen) atoms. The average Bonchev–Trinajstić information content (AvgIpc) is 2.46. The molecule has 0 saturated carbocycles. The smallest absolute Gasteiger partial charge is 0.273 e. The number of ether oxygens (including phenoxy) is 2. The van der Waals surface area contributed by atoms with Crippen molar-refractivity contribution in [1.29, 1.82) is 0 Å². The highest BCUT2D eigenvalue weighted by Crippen LogP contribution is 2.27. The van der Waals surface area contributed by atoms with Gasteiger partial charge in [0, 0.05) is 12.6 Å². The van der Waals surface area contributed by atoms with Gasteiger partial charge >= 0.3 is 0 Å². The molecule has 0 fully saturated rings. The predicted octanol–water partition coefficient (Wildman–Crippen LogP) is -0.109. The van der Waals surface area contributed by atoms with E-state index in [1.165, 1.54) is 7.11 Å². The van der Waals surface area contributed by atoms with E-state index < -0.39 is 14.9 Å². The van der Waals surface area contributed by atoms with Crippen molar-refractivity contribution in [3.8, 4) is 5.75 Å². The first-order chi connectivity index (χ1) is 9.92. The van der Waals surface area contributed by atoms with Gasteiger partial charge in [0.25, 0.3) is 5.69 Å². The number of nitro benzene ring substituents is 1. The maximum Gasteiger partial charge on any atom is 0.273 e. The number of nitro groups is 1. The Balaban J connectivity index is 2.85. The molecule has 0 radical (unpaired) electrons. The third-order valence-electron chi connectivity index (χ3n) is 2.42. The monoisotopic (exact) mass is 320 g/mol. The molecule has 0 unspecified atom stereocenters. The molecule has 118 valence electrons. The summed E-state index contributed by atoms with van der Waals surface area (Å²) in [5.74, 6) is -0.118. The molecule has 0 heterocycles. The lowest BCUT2D eigenvalue weighted by Gasteiger charge is -2.10. The van der Waals surface area contributed by atoms with Crippen molar-refractivity contribution in [2.75, 3.05) is 33.5 Å². The highest BCUT2D eigenvalue weighted by molar-refractivity contribution is 7.89. The van der Waals surface area contributed by atoms with E-state index in [0.29, 0.717) is 0 Å². The standard InChI is InChI=1S/C11H16N2O7S/c1-19-10-8-9(13(15)16)2-3-11(10)21(17,18)12-4-6-20-7-5-14/h2-3,8,12,14H,4-7H2,1H3. The second kappa shape index (κ2) is 7.88. The Kier molecular flexibility index (Phi) is 6.49. The van der Waals surface area contributed by atoms with Crippen LogP contribution in [0, 0.1) is 10.1 Å². The molecule has 0 saturated heterocycles. The number of aliphatic hydroxyl groups is 1. The van der Waals surface area contributed by atoms with Crippen molar-refractivity contribution in [2.24, 2.45) is 0 Å². The molecule has 1 aromatic carbocycles. The molecule has 1 rings (SSSR count). The van der Waals surface area contributed by atoms with Crippen molar-refractivity contribution < 1.29 is 27.9 Å². The van der Waals surface area contributed by atoms with Crippen molar-refractivity contribution >= 4 is 15.7 Å². The number of hydrogen-bond donors (Lipinski definition) is 2. The molecule has 0 amide bonds. The first-order valence-electron chi connectivity index (χ1n) is 5.93. The van der Waals surface area contributed by atoms with Crippen LogP contribution in [-0.4, -0.2) is 51.9 Å². The molecule has 0 aliphatic heterocycles. The van der Waals surface area contributed by atoms with Crippen LogP contribution in [0.15, 0.2) is 23.1 Å². The number of hydrogen-bond acceptors (Lipinski definition) is 7. The Labute approximate surface area is 121 Å². The van der Waals surface area contributed by atoms with Crippen LogP contribution in [-0.2, 0) is 14.8 Å². The van der Waals surface area contributed by atoms with Gasteiger partial charge in [0.15, 0.2) is 0 Å². The van der Waals surface area contributed by atoms with Crippen LogP contribution in [0.5, 0.6) is 5.75 Å². The number of methoxy groups -OCH3 is 1. The average molecular weight is 320 g/mol. The third-order valence-corrected chi connectivity index (χ3v) is 3.92. The molecule has 0 aliphatic rings. The topological polar surface area (TPSA) is 128 Å². The summed E-state index contributed by atoms with van der Waals surface area (Å²) in [5.41, 5.74) is -0.267. The zero-order chi connectivity index (χ0) is 15.9. The zero-order valence-corrected chi connectivity index (χ0v) is 12.1. The van der Waals surface area contributed by atoms with Gasteiger partial charge in [0.2, 0.25) is 10.0 Å². The normalized spacial score (nSPS) is 11.3. The van der Waals surface area contributed by atoms with E-state index in [2.05, 4.69) is 4.72 Å². The van der Waals surface area contributed by atoms with Crippen molar-refractivity contribution in [1.82, 2.24) is 4.72 Å². The highest BCUT2D eigenvalue weighted by atomic mass is 32.2. The number of rotatable bonds is 9. The maximum absolute atomic E-state index is 12.1. The molecule has 0 spiro atoms. The Hall–Kier alpha value is -1.75. The van der Waals surface area contributed by atoms with Crippen molar-refractivity contribution in [3.63, 3.8) is 0 Å². The minimum absolute atomic E-state index is 0.00246. The second-order valence-corrected chi connectivity index (χ2v) is 5.56. The third kappa shape index (κ3) is 4.93. The largest absolute Gasteiger partial charge is 0.495 e. The van der Waals surface area contributed by atoms with Crippen molar-refractivity contribution in [3.05, 3.63) is 28.3 Å². The van der Waals surface area contributed by atoms with Gasteiger partial charge in [-0.3, -0.25) is 10.1 Å². The quantitative estimate of drug-likeness (QED) is 0.369. The van der Waals surface area contributed by atoms with Crippen LogP contribution in [0.4, 0.5) is 5.69 Å². The lowest BCUT2D eigenvalue weighted by Crippen LogP contribution is -2.28. The lowest BCUT2D eigenvalue weighted by molar-refractivity contribution is -0.385. The van der Waals surface area contributed by atoms with Gasteiger partial charge in [-0.15, -0.1) is 0 Å². The van der Waals surface area contributed by atoms with Crippen molar-refractivity contribution in [2.45, 2.75) is 4.90 Å². The predicted molar refractivity (Wildman–Crippen MR) is 72.7 cm³/mol. The Morgan fingerprint density at radius 3 is 2.67 bits per heavy atom. The van der Waals surface area contributed by atoms with Crippen LogP contribution >= 0.6 is 0 Å². The first kappa shape index (κ1) is 17.3. The molecule has 2 N–H and O–H groups in total. The minimum Gasteiger partial charge on any atom is -0.495 e. The van der Waals surface area contributed by atoms with Gasteiger partial charge in [0.05, 0.1) is 37.9 Å². The van der Waals surface area contributed by atoms with E-state index in [-0.39, 0.29) is 42.7 Å².